The van der Waals surface area contributed by atoms with E-state index in [1.807, 2.05) is 9.80 Å². The van der Waals surface area contributed by atoms with Crippen LogP contribution in [0.3, 0.4) is 0 Å². The largest absolute Gasteiger partial charge is 0.573 e. The van der Waals surface area contributed by atoms with E-state index in [4.69, 9.17) is 0 Å². The molecule has 7 rings (SSSR count). The van der Waals surface area contributed by atoms with Crippen molar-refractivity contribution in [1.82, 2.24) is 30.2 Å². The van der Waals surface area contributed by atoms with Crippen molar-refractivity contribution < 1.29 is 27.5 Å². The van der Waals surface area contributed by atoms with E-state index in [0.29, 0.717) is 83.0 Å². The van der Waals surface area contributed by atoms with Gasteiger partial charge in [-0.05, 0) is 60.1 Å². The highest BCUT2D eigenvalue weighted by Gasteiger charge is 2.59. The van der Waals surface area contributed by atoms with E-state index < -0.39 is 6.36 Å². The molecule has 2 saturated heterocycles. The molecule has 37 heavy (non-hydrogen) atoms. The second-order valence-corrected chi connectivity index (χ2v) is 10.1. The number of amides is 2. The normalized spacial score (nSPS) is 24.8. The number of nitrogens with one attached hydrogen (secondary N) is 2. The van der Waals surface area contributed by atoms with Crippen molar-refractivity contribution in [3.05, 3.63) is 53.7 Å². The molecule has 0 bridgehead atoms. The van der Waals surface area contributed by atoms with Crippen LogP contribution in [0.1, 0.15) is 20.8 Å². The number of H-pyrrole nitrogens is 2. The lowest BCUT2D eigenvalue weighted by molar-refractivity contribution is -0.274. The topological polar surface area (TPSA) is 107 Å². The molecule has 3 aliphatic rings. The van der Waals surface area contributed by atoms with Gasteiger partial charge in [-0.25, -0.2) is 0 Å². The van der Waals surface area contributed by atoms with Crippen LogP contribution in [0, 0.1) is 23.7 Å². The van der Waals surface area contributed by atoms with E-state index >= 15 is 0 Å². The third kappa shape index (κ3) is 3.61. The molecule has 0 radical (unpaired) electrons. The number of nitrogens with zero attached hydrogens (tertiary/aromatic N) is 4. The first-order valence-corrected chi connectivity index (χ1v) is 12.0. The zero-order chi connectivity index (χ0) is 25.5. The Morgan fingerprint density at radius 3 is 2.16 bits per heavy atom. The number of carbonyl (C=O) groups is 2. The molecule has 2 N–H and O–H groups in total. The molecule has 4 atom stereocenters. The van der Waals surface area contributed by atoms with E-state index in [1.165, 1.54) is 18.2 Å². The van der Waals surface area contributed by atoms with Crippen LogP contribution in [0.2, 0.25) is 0 Å². The lowest BCUT2D eigenvalue weighted by Crippen LogP contribution is -2.44. The molecule has 3 fully saturated rings. The van der Waals surface area contributed by atoms with E-state index in [9.17, 15) is 22.8 Å². The quantitative estimate of drug-likeness (QED) is 0.439. The number of halogens is 3. The monoisotopic (exact) mass is 510 g/mol. The van der Waals surface area contributed by atoms with Crippen molar-refractivity contribution in [3.8, 4) is 5.75 Å². The third-order valence-corrected chi connectivity index (χ3v) is 8.12. The Bertz CT molecular complexity index is 1540. The standard InChI is InChI=1S/C25H21F3N6O3/c26-25(27,28)37-14-3-1-12-5-22(29-20(12)7-14)24(36)34-10-17-15-8-33(9-16(15)18(17)11-34)23(35)13-2-4-19-21(6-13)31-32-30-19/h1-7,15-18,29H,8-11H2,(H,30,31,32)/t15-,16+,17+,18-. The van der Waals surface area contributed by atoms with Crippen LogP contribution in [0.25, 0.3) is 21.9 Å². The molecule has 0 spiro atoms. The van der Waals surface area contributed by atoms with Crippen molar-refractivity contribution in [2.75, 3.05) is 26.2 Å². The molecule has 1 aliphatic carbocycles. The highest BCUT2D eigenvalue weighted by atomic mass is 19.4. The number of ether oxygens (including phenoxy) is 1. The molecule has 9 nitrogen and oxygen atoms in total. The van der Waals surface area contributed by atoms with Gasteiger partial charge in [0.1, 0.15) is 22.5 Å². The maximum absolute atomic E-state index is 13.2. The summed E-state index contributed by atoms with van der Waals surface area (Å²) in [5, 5.41) is 11.3. The van der Waals surface area contributed by atoms with Gasteiger partial charge >= 0.3 is 6.36 Å². The predicted octanol–water partition coefficient (Wildman–Crippen LogP) is 3.43. The summed E-state index contributed by atoms with van der Waals surface area (Å²) in [6, 6.07) is 10.9. The lowest BCUT2D eigenvalue weighted by atomic mass is 9.60. The number of aromatic amines is 2. The number of carbonyl (C=O) groups excluding carboxylic acids is 2. The first-order valence-electron chi connectivity index (χ1n) is 12.0. The third-order valence-electron chi connectivity index (χ3n) is 8.12. The molecule has 4 aromatic rings. The second kappa shape index (κ2) is 7.70. The number of aromatic nitrogens is 4. The van der Waals surface area contributed by atoms with Crippen LogP contribution >= 0.6 is 0 Å². The average molecular weight is 510 g/mol. The van der Waals surface area contributed by atoms with E-state index in [0.717, 1.165) is 0 Å². The number of alkyl halides is 3. The summed E-state index contributed by atoms with van der Waals surface area (Å²) in [6.45, 7) is 2.54. The number of benzene rings is 2. The zero-order valence-electron chi connectivity index (χ0n) is 19.3. The summed E-state index contributed by atoms with van der Waals surface area (Å²) in [5.74, 6) is 0.850. The number of rotatable bonds is 3. The fourth-order valence-corrected chi connectivity index (χ4v) is 6.45. The summed E-state index contributed by atoms with van der Waals surface area (Å²) in [7, 11) is 0. The highest BCUT2D eigenvalue weighted by Crippen LogP contribution is 2.54. The number of hydrogen-bond donors (Lipinski definition) is 2. The molecule has 4 heterocycles. The molecule has 2 aliphatic heterocycles. The molecule has 2 aromatic carbocycles. The number of hydrogen-bond acceptors (Lipinski definition) is 5. The van der Waals surface area contributed by atoms with Crippen LogP contribution in [0.15, 0.2) is 42.5 Å². The van der Waals surface area contributed by atoms with E-state index in [2.05, 4.69) is 25.1 Å². The smallest absolute Gasteiger partial charge is 0.406 e. The first-order chi connectivity index (χ1) is 17.7. The van der Waals surface area contributed by atoms with Gasteiger partial charge < -0.3 is 19.5 Å². The van der Waals surface area contributed by atoms with E-state index in [1.54, 1.807) is 24.3 Å². The maximum atomic E-state index is 13.2. The van der Waals surface area contributed by atoms with Gasteiger partial charge in [0.15, 0.2) is 0 Å². The first kappa shape index (κ1) is 22.1. The van der Waals surface area contributed by atoms with Crippen molar-refractivity contribution >= 4 is 33.8 Å². The molecular weight excluding hydrogens is 489 g/mol. The van der Waals surface area contributed by atoms with Gasteiger partial charge in [-0.3, -0.25) is 9.59 Å². The fourth-order valence-electron chi connectivity index (χ4n) is 6.45. The summed E-state index contributed by atoms with van der Waals surface area (Å²) >= 11 is 0. The average Bonchev–Trinajstić information content (AvgIpc) is 3.63. The summed E-state index contributed by atoms with van der Waals surface area (Å²) in [4.78, 5) is 33.0. The molecular formula is C25H21F3N6O3. The predicted molar refractivity (Wildman–Crippen MR) is 125 cm³/mol. The zero-order valence-corrected chi connectivity index (χ0v) is 19.3. The van der Waals surface area contributed by atoms with Crippen molar-refractivity contribution in [2.24, 2.45) is 23.7 Å². The Morgan fingerprint density at radius 1 is 0.838 bits per heavy atom. The fraction of sp³-hybridized carbons (Fsp3) is 0.360. The van der Waals surface area contributed by atoms with Crippen LogP contribution in [0.4, 0.5) is 13.2 Å². The Balaban J connectivity index is 1.02. The van der Waals surface area contributed by atoms with Gasteiger partial charge in [0.25, 0.3) is 11.8 Å². The highest BCUT2D eigenvalue weighted by molar-refractivity contribution is 5.99. The molecule has 12 heteroatoms. The SMILES string of the molecule is O=C(c1ccc2n[nH]nc2c1)N1C[C@@H]2[C@H](C1)[C@H]1CN(C(=O)c3cc4ccc(OC(F)(F)F)cc4[nH]3)C[C@@H]21. The summed E-state index contributed by atoms with van der Waals surface area (Å²) in [6.07, 6.45) is -4.78. The Morgan fingerprint density at radius 2 is 1.49 bits per heavy atom. The van der Waals surface area contributed by atoms with E-state index in [-0.39, 0.29) is 17.6 Å². The Kier molecular flexibility index (Phi) is 4.61. The van der Waals surface area contributed by atoms with Gasteiger partial charge in [-0.15, -0.1) is 13.2 Å². The minimum absolute atomic E-state index is 0.0164. The van der Waals surface area contributed by atoms with Gasteiger partial charge in [0.2, 0.25) is 0 Å². The minimum atomic E-state index is -4.78. The Hall–Kier alpha value is -4.09. The molecule has 2 amide bonds. The van der Waals surface area contributed by atoms with Crippen molar-refractivity contribution in [2.45, 2.75) is 6.36 Å². The summed E-state index contributed by atoms with van der Waals surface area (Å²) < 4.78 is 41.6. The maximum Gasteiger partial charge on any atom is 0.573 e. The minimum Gasteiger partial charge on any atom is -0.406 e. The van der Waals surface area contributed by atoms with Gasteiger partial charge in [0.05, 0.1) is 0 Å². The van der Waals surface area contributed by atoms with Crippen LogP contribution in [-0.2, 0) is 0 Å². The van der Waals surface area contributed by atoms with Gasteiger partial charge in [-0.1, -0.05) is 0 Å². The molecule has 190 valence electrons. The Labute approximate surface area is 207 Å². The summed E-state index contributed by atoms with van der Waals surface area (Å²) in [5.41, 5.74) is 2.70. The second-order valence-electron chi connectivity index (χ2n) is 10.1. The van der Waals surface area contributed by atoms with Gasteiger partial charge in [0, 0.05) is 48.7 Å². The van der Waals surface area contributed by atoms with Crippen molar-refractivity contribution in [3.63, 3.8) is 0 Å². The molecule has 1 saturated carbocycles. The van der Waals surface area contributed by atoms with Crippen LogP contribution < -0.4 is 4.74 Å². The van der Waals surface area contributed by atoms with Crippen LogP contribution in [0.5, 0.6) is 5.75 Å². The number of likely N-dealkylation sites (tertiary alicyclic amines) is 2. The number of fused-ring (bicyclic) bond motifs is 6. The molecule has 0 unspecified atom stereocenters. The van der Waals surface area contributed by atoms with Crippen LogP contribution in [-0.4, -0.2) is 74.6 Å². The van der Waals surface area contributed by atoms with Gasteiger partial charge in [-0.2, -0.15) is 15.4 Å². The van der Waals surface area contributed by atoms with Crippen molar-refractivity contribution in [1.29, 1.82) is 0 Å². The molecule has 2 aromatic heterocycles. The lowest BCUT2D eigenvalue weighted by Gasteiger charge is -2.42.